The van der Waals surface area contributed by atoms with Gasteiger partial charge in [0.05, 0.1) is 11.8 Å². The average molecular weight is 345 g/mol. The minimum absolute atomic E-state index is 0.238. The number of halogens is 1. The van der Waals surface area contributed by atoms with Gasteiger partial charge in [-0.2, -0.15) is 5.10 Å². The van der Waals surface area contributed by atoms with Gasteiger partial charge in [-0.05, 0) is 70.3 Å². The highest BCUT2D eigenvalue weighted by Gasteiger charge is 2.27. The third-order valence-corrected chi connectivity index (χ3v) is 5.50. The molecule has 1 aliphatic rings. The van der Waals surface area contributed by atoms with Gasteiger partial charge in [0.15, 0.2) is 0 Å². The summed E-state index contributed by atoms with van der Waals surface area (Å²) in [5, 5.41) is 15.2. The lowest BCUT2D eigenvalue weighted by Crippen LogP contribution is -2.35. The topological polar surface area (TPSA) is 41.3 Å². The predicted molar refractivity (Wildman–Crippen MR) is 96.7 cm³/mol. The van der Waals surface area contributed by atoms with E-state index in [1.54, 1.807) is 12.1 Å². The molecule has 3 rings (SSSR count). The van der Waals surface area contributed by atoms with Crippen LogP contribution in [0.25, 0.3) is 0 Å². The normalized spacial score (nSPS) is 17.8. The summed E-state index contributed by atoms with van der Waals surface area (Å²) in [6.07, 6.45) is 1.41. The van der Waals surface area contributed by atoms with E-state index >= 15 is 0 Å². The first kappa shape index (κ1) is 18.1. The van der Waals surface area contributed by atoms with E-state index in [1.165, 1.54) is 23.4 Å². The smallest absolute Gasteiger partial charge is 0.123 e. The van der Waals surface area contributed by atoms with Crippen LogP contribution in [-0.2, 0) is 13.1 Å². The summed E-state index contributed by atoms with van der Waals surface area (Å²) in [6, 6.07) is 6.23. The number of benzene rings is 1. The van der Waals surface area contributed by atoms with Gasteiger partial charge in [-0.1, -0.05) is 12.1 Å². The van der Waals surface area contributed by atoms with Crippen molar-refractivity contribution in [1.82, 2.24) is 14.7 Å². The van der Waals surface area contributed by atoms with Crippen molar-refractivity contribution >= 4 is 0 Å². The van der Waals surface area contributed by atoms with Gasteiger partial charge in [0, 0.05) is 24.3 Å². The largest absolute Gasteiger partial charge is 0.388 e. The lowest BCUT2D eigenvalue weighted by atomic mass is 9.87. The number of aromatic nitrogens is 2. The second-order valence-electron chi connectivity index (χ2n) is 7.08. The van der Waals surface area contributed by atoms with Crippen molar-refractivity contribution in [3.05, 3.63) is 52.6 Å². The Morgan fingerprint density at radius 1 is 1.20 bits per heavy atom. The maximum absolute atomic E-state index is 13.0. The summed E-state index contributed by atoms with van der Waals surface area (Å²) < 4.78 is 15.1. The van der Waals surface area contributed by atoms with Crippen LogP contribution in [0.15, 0.2) is 24.3 Å². The van der Waals surface area contributed by atoms with Crippen molar-refractivity contribution in [3.63, 3.8) is 0 Å². The molecule has 2 heterocycles. The molecule has 0 radical (unpaired) electrons. The van der Waals surface area contributed by atoms with E-state index in [-0.39, 0.29) is 11.7 Å². The van der Waals surface area contributed by atoms with Crippen LogP contribution in [0.3, 0.4) is 0 Å². The van der Waals surface area contributed by atoms with E-state index in [1.807, 2.05) is 0 Å². The highest BCUT2D eigenvalue weighted by atomic mass is 19.1. The Balaban J connectivity index is 1.58. The van der Waals surface area contributed by atoms with E-state index in [0.717, 1.165) is 50.3 Å². The molecule has 1 aromatic carbocycles. The molecule has 25 heavy (non-hydrogen) atoms. The summed E-state index contributed by atoms with van der Waals surface area (Å²) in [6.45, 7) is 10.1. The van der Waals surface area contributed by atoms with Crippen molar-refractivity contribution in [2.24, 2.45) is 5.92 Å². The van der Waals surface area contributed by atoms with E-state index in [4.69, 9.17) is 0 Å². The predicted octanol–water partition coefficient (Wildman–Crippen LogP) is 3.60. The first-order valence-electron chi connectivity index (χ1n) is 9.18. The van der Waals surface area contributed by atoms with Gasteiger partial charge in [0.2, 0.25) is 0 Å². The quantitative estimate of drug-likeness (QED) is 0.900. The second-order valence-corrected chi connectivity index (χ2v) is 7.08. The van der Waals surface area contributed by atoms with Gasteiger partial charge >= 0.3 is 0 Å². The van der Waals surface area contributed by atoms with Gasteiger partial charge < -0.3 is 5.11 Å². The minimum atomic E-state index is -0.505. The Bertz CT molecular complexity index is 702. The summed E-state index contributed by atoms with van der Waals surface area (Å²) in [4.78, 5) is 2.45. The molecule has 1 saturated heterocycles. The third kappa shape index (κ3) is 3.93. The van der Waals surface area contributed by atoms with Crippen LogP contribution in [0.4, 0.5) is 4.39 Å². The lowest BCUT2D eigenvalue weighted by molar-refractivity contribution is 0.0566. The number of hydrogen-bond donors (Lipinski definition) is 1. The fourth-order valence-electron chi connectivity index (χ4n) is 3.85. The van der Waals surface area contributed by atoms with Crippen molar-refractivity contribution in [2.75, 3.05) is 13.1 Å². The molecule has 2 aromatic rings. The Hall–Kier alpha value is -1.72. The molecule has 0 aliphatic carbocycles. The highest BCUT2D eigenvalue weighted by Crippen LogP contribution is 2.31. The van der Waals surface area contributed by atoms with Crippen molar-refractivity contribution < 1.29 is 9.50 Å². The van der Waals surface area contributed by atoms with Crippen LogP contribution in [0.1, 0.15) is 48.4 Å². The van der Waals surface area contributed by atoms with Crippen LogP contribution in [-0.4, -0.2) is 32.9 Å². The number of aliphatic hydroxyl groups excluding tert-OH is 1. The van der Waals surface area contributed by atoms with E-state index < -0.39 is 6.10 Å². The molecule has 1 atom stereocenters. The van der Waals surface area contributed by atoms with Crippen LogP contribution in [0.5, 0.6) is 0 Å². The van der Waals surface area contributed by atoms with Crippen LogP contribution in [0, 0.1) is 25.6 Å². The second kappa shape index (κ2) is 7.67. The summed E-state index contributed by atoms with van der Waals surface area (Å²) in [5.41, 5.74) is 4.52. The maximum atomic E-state index is 13.0. The molecule has 5 heteroatoms. The van der Waals surface area contributed by atoms with Gasteiger partial charge in [0.25, 0.3) is 0 Å². The molecule has 0 spiro atoms. The van der Waals surface area contributed by atoms with Crippen molar-refractivity contribution in [3.8, 4) is 0 Å². The molecule has 136 valence electrons. The molecule has 0 unspecified atom stereocenters. The molecule has 1 fully saturated rings. The van der Waals surface area contributed by atoms with Crippen molar-refractivity contribution in [1.29, 1.82) is 0 Å². The number of likely N-dealkylation sites (tertiary alicyclic amines) is 1. The number of nitrogens with zero attached hydrogens (tertiary/aromatic N) is 3. The SMILES string of the molecule is CCn1nc(C)c(CN2CCC([C@H](O)c3ccc(F)cc3)CC2)c1C. The lowest BCUT2D eigenvalue weighted by Gasteiger charge is -2.34. The van der Waals surface area contributed by atoms with Crippen LogP contribution in [0.2, 0.25) is 0 Å². The van der Waals surface area contributed by atoms with Crippen LogP contribution < -0.4 is 0 Å². The third-order valence-electron chi connectivity index (χ3n) is 5.50. The average Bonchev–Trinajstić information content (AvgIpc) is 2.90. The Morgan fingerprint density at radius 2 is 1.84 bits per heavy atom. The zero-order valence-corrected chi connectivity index (χ0v) is 15.4. The van der Waals surface area contributed by atoms with Gasteiger partial charge in [-0.3, -0.25) is 9.58 Å². The number of aliphatic hydroxyl groups is 1. The van der Waals surface area contributed by atoms with E-state index in [2.05, 4.69) is 35.5 Å². The van der Waals surface area contributed by atoms with Gasteiger partial charge in [0.1, 0.15) is 5.82 Å². The molecule has 0 bridgehead atoms. The number of piperidine rings is 1. The Kier molecular flexibility index (Phi) is 5.54. The molecule has 0 amide bonds. The first-order valence-corrected chi connectivity index (χ1v) is 9.18. The number of hydrogen-bond acceptors (Lipinski definition) is 3. The van der Waals surface area contributed by atoms with Gasteiger partial charge in [-0.25, -0.2) is 4.39 Å². The Morgan fingerprint density at radius 3 is 2.40 bits per heavy atom. The molecule has 0 saturated carbocycles. The molecule has 1 aliphatic heterocycles. The summed E-state index contributed by atoms with van der Waals surface area (Å²) >= 11 is 0. The fourth-order valence-corrected chi connectivity index (χ4v) is 3.85. The zero-order valence-electron chi connectivity index (χ0n) is 15.4. The summed E-state index contributed by atoms with van der Waals surface area (Å²) in [5.74, 6) is -0.0218. The number of rotatable bonds is 5. The molecule has 4 nitrogen and oxygen atoms in total. The van der Waals surface area contributed by atoms with E-state index in [0.29, 0.717) is 0 Å². The summed E-state index contributed by atoms with van der Waals surface area (Å²) in [7, 11) is 0. The van der Waals surface area contributed by atoms with Crippen LogP contribution >= 0.6 is 0 Å². The minimum Gasteiger partial charge on any atom is -0.388 e. The maximum Gasteiger partial charge on any atom is 0.123 e. The molecule has 1 N–H and O–H groups in total. The highest BCUT2D eigenvalue weighted by molar-refractivity contribution is 5.24. The van der Waals surface area contributed by atoms with Crippen molar-refractivity contribution in [2.45, 2.75) is 52.8 Å². The van der Waals surface area contributed by atoms with E-state index in [9.17, 15) is 9.50 Å². The molecular weight excluding hydrogens is 317 g/mol. The fraction of sp³-hybridized carbons (Fsp3) is 0.550. The Labute approximate surface area is 149 Å². The monoisotopic (exact) mass is 345 g/mol. The standard InChI is InChI=1S/C20H28FN3O/c1-4-24-15(3)19(14(2)22-24)13-23-11-9-17(10-12-23)20(25)16-5-7-18(21)8-6-16/h5-8,17,20,25H,4,9-13H2,1-3H3/t20-/m1/s1. The molecule has 1 aromatic heterocycles. The zero-order chi connectivity index (χ0) is 18.0. The first-order chi connectivity index (χ1) is 12.0. The van der Waals surface area contributed by atoms with Gasteiger partial charge in [-0.15, -0.1) is 0 Å². The number of aryl methyl sites for hydroxylation is 2. The molecular formula is C20H28FN3O.